The van der Waals surface area contributed by atoms with Crippen LogP contribution in [0.25, 0.3) is 10.9 Å². The van der Waals surface area contributed by atoms with Crippen molar-refractivity contribution in [2.75, 3.05) is 7.11 Å². The van der Waals surface area contributed by atoms with Gasteiger partial charge in [-0.05, 0) is 12.1 Å². The number of aromatic carboxylic acids is 1. The lowest BCUT2D eigenvalue weighted by Crippen LogP contribution is -1.99. The van der Waals surface area contributed by atoms with Crippen LogP contribution in [0.3, 0.4) is 0 Å². The van der Waals surface area contributed by atoms with E-state index < -0.39 is 5.97 Å². The third-order valence-corrected chi connectivity index (χ3v) is 2.58. The standard InChI is InChI=1S/C10H8ClNO3/c1-15-7-4-6(10(13)14)9-5(8(7)11)2-3-12-9/h2-4,12H,1H3,(H,13,14). The summed E-state index contributed by atoms with van der Waals surface area (Å²) in [6.45, 7) is 0. The highest BCUT2D eigenvalue weighted by atomic mass is 35.5. The zero-order valence-electron chi connectivity index (χ0n) is 7.87. The molecule has 0 bridgehead atoms. The summed E-state index contributed by atoms with van der Waals surface area (Å²) in [6.07, 6.45) is 1.64. The van der Waals surface area contributed by atoms with Crippen molar-refractivity contribution in [3.63, 3.8) is 0 Å². The Bertz CT molecular complexity index is 533. The van der Waals surface area contributed by atoms with Crippen molar-refractivity contribution in [1.29, 1.82) is 0 Å². The van der Waals surface area contributed by atoms with Crippen molar-refractivity contribution >= 4 is 28.5 Å². The molecule has 0 saturated carbocycles. The van der Waals surface area contributed by atoms with Gasteiger partial charge in [0.1, 0.15) is 5.75 Å². The lowest BCUT2D eigenvalue weighted by atomic mass is 10.1. The molecule has 5 heteroatoms. The Labute approximate surface area is 90.4 Å². The van der Waals surface area contributed by atoms with Crippen LogP contribution in [0.15, 0.2) is 18.3 Å². The molecular formula is C10H8ClNO3. The van der Waals surface area contributed by atoms with Gasteiger partial charge < -0.3 is 14.8 Å². The fourth-order valence-corrected chi connectivity index (χ4v) is 1.78. The summed E-state index contributed by atoms with van der Waals surface area (Å²) in [5, 5.41) is 10.1. The number of aromatic amines is 1. The number of methoxy groups -OCH3 is 1. The molecular weight excluding hydrogens is 218 g/mol. The van der Waals surface area contributed by atoms with Crippen molar-refractivity contribution in [2.45, 2.75) is 0 Å². The van der Waals surface area contributed by atoms with E-state index in [1.54, 1.807) is 12.3 Å². The molecule has 1 heterocycles. The third-order valence-electron chi connectivity index (χ3n) is 2.19. The summed E-state index contributed by atoms with van der Waals surface area (Å²) >= 11 is 6.02. The number of hydrogen-bond acceptors (Lipinski definition) is 2. The summed E-state index contributed by atoms with van der Waals surface area (Å²) in [6, 6.07) is 3.12. The molecule has 0 aliphatic heterocycles. The minimum absolute atomic E-state index is 0.149. The van der Waals surface area contributed by atoms with Gasteiger partial charge in [0.05, 0.1) is 23.2 Å². The number of carbonyl (C=O) groups is 1. The first kappa shape index (κ1) is 9.86. The number of nitrogens with one attached hydrogen (secondary N) is 1. The largest absolute Gasteiger partial charge is 0.495 e. The Hall–Kier alpha value is -1.68. The molecule has 0 aliphatic rings. The maximum Gasteiger partial charge on any atom is 0.337 e. The predicted octanol–water partition coefficient (Wildman–Crippen LogP) is 2.53. The van der Waals surface area contributed by atoms with Gasteiger partial charge in [-0.15, -0.1) is 0 Å². The SMILES string of the molecule is COc1cc(C(=O)O)c2[nH]ccc2c1Cl. The number of carboxylic acids is 1. The van der Waals surface area contributed by atoms with Crippen LogP contribution < -0.4 is 4.74 Å². The monoisotopic (exact) mass is 225 g/mol. The molecule has 15 heavy (non-hydrogen) atoms. The first-order valence-corrected chi connectivity index (χ1v) is 4.60. The van der Waals surface area contributed by atoms with Gasteiger partial charge >= 0.3 is 5.97 Å². The fourth-order valence-electron chi connectivity index (χ4n) is 1.49. The van der Waals surface area contributed by atoms with Crippen LogP contribution in [0.2, 0.25) is 5.02 Å². The highest BCUT2D eigenvalue weighted by Crippen LogP contribution is 2.34. The number of aromatic nitrogens is 1. The Morgan fingerprint density at radius 1 is 1.60 bits per heavy atom. The van der Waals surface area contributed by atoms with E-state index in [2.05, 4.69) is 4.98 Å². The number of rotatable bonds is 2. The van der Waals surface area contributed by atoms with Crippen LogP contribution in [0.5, 0.6) is 5.75 Å². The molecule has 0 atom stereocenters. The number of ether oxygens (including phenoxy) is 1. The maximum atomic E-state index is 11.0. The topological polar surface area (TPSA) is 62.3 Å². The Balaban J connectivity index is 2.86. The van der Waals surface area contributed by atoms with Gasteiger partial charge in [0.2, 0.25) is 0 Å². The van der Waals surface area contributed by atoms with Crippen molar-refractivity contribution in [3.05, 3.63) is 28.9 Å². The molecule has 2 aromatic rings. The number of fused-ring (bicyclic) bond motifs is 1. The van der Waals surface area contributed by atoms with E-state index in [-0.39, 0.29) is 5.56 Å². The van der Waals surface area contributed by atoms with Gasteiger partial charge in [-0.25, -0.2) is 4.79 Å². The van der Waals surface area contributed by atoms with E-state index >= 15 is 0 Å². The van der Waals surface area contributed by atoms with Crippen molar-refractivity contribution in [3.8, 4) is 5.75 Å². The number of H-pyrrole nitrogens is 1. The summed E-state index contributed by atoms with van der Waals surface area (Å²) in [4.78, 5) is 13.8. The van der Waals surface area contributed by atoms with Crippen LogP contribution >= 0.6 is 11.6 Å². The second-order valence-corrected chi connectivity index (χ2v) is 3.39. The van der Waals surface area contributed by atoms with Crippen LogP contribution in [0.1, 0.15) is 10.4 Å². The molecule has 0 aliphatic carbocycles. The van der Waals surface area contributed by atoms with Gasteiger partial charge in [0, 0.05) is 11.6 Å². The summed E-state index contributed by atoms with van der Waals surface area (Å²) in [5.41, 5.74) is 0.657. The molecule has 0 unspecified atom stereocenters. The van der Waals surface area contributed by atoms with Gasteiger partial charge in [-0.1, -0.05) is 11.6 Å². The number of halogens is 1. The van der Waals surface area contributed by atoms with Gasteiger partial charge in [-0.2, -0.15) is 0 Å². The molecule has 2 rings (SSSR count). The lowest BCUT2D eigenvalue weighted by Gasteiger charge is -2.06. The highest BCUT2D eigenvalue weighted by Gasteiger charge is 2.16. The van der Waals surface area contributed by atoms with Crippen LogP contribution in [0.4, 0.5) is 0 Å². The highest BCUT2D eigenvalue weighted by molar-refractivity contribution is 6.37. The zero-order valence-corrected chi connectivity index (χ0v) is 8.63. The first-order valence-electron chi connectivity index (χ1n) is 4.22. The number of benzene rings is 1. The molecule has 2 N–H and O–H groups in total. The minimum atomic E-state index is -1.02. The molecule has 0 fully saturated rings. The Kier molecular flexibility index (Phi) is 2.28. The molecule has 0 amide bonds. The molecule has 1 aromatic heterocycles. The summed E-state index contributed by atoms with van der Waals surface area (Å²) in [7, 11) is 1.45. The van der Waals surface area contributed by atoms with E-state index in [4.69, 9.17) is 21.4 Å². The van der Waals surface area contributed by atoms with Gasteiger partial charge in [-0.3, -0.25) is 0 Å². The smallest absolute Gasteiger partial charge is 0.337 e. The van der Waals surface area contributed by atoms with Crippen molar-refractivity contribution in [1.82, 2.24) is 4.98 Å². The Morgan fingerprint density at radius 3 is 2.93 bits per heavy atom. The number of carboxylic acid groups (broad SMARTS) is 1. The van der Waals surface area contributed by atoms with Crippen LogP contribution in [-0.4, -0.2) is 23.2 Å². The first-order chi connectivity index (χ1) is 7.15. The average Bonchev–Trinajstić information content (AvgIpc) is 2.67. The van der Waals surface area contributed by atoms with E-state index in [1.165, 1.54) is 13.2 Å². The van der Waals surface area contributed by atoms with Crippen LogP contribution in [0, 0.1) is 0 Å². The van der Waals surface area contributed by atoms with E-state index in [1.807, 2.05) is 0 Å². The molecule has 4 nitrogen and oxygen atoms in total. The van der Waals surface area contributed by atoms with Crippen molar-refractivity contribution in [2.24, 2.45) is 0 Å². The average molecular weight is 226 g/mol. The van der Waals surface area contributed by atoms with E-state index in [9.17, 15) is 4.79 Å². The minimum Gasteiger partial charge on any atom is -0.495 e. The molecule has 78 valence electrons. The summed E-state index contributed by atoms with van der Waals surface area (Å²) < 4.78 is 5.00. The predicted molar refractivity (Wildman–Crippen MR) is 56.8 cm³/mol. The molecule has 0 spiro atoms. The lowest BCUT2D eigenvalue weighted by molar-refractivity contribution is 0.0698. The molecule has 0 saturated heterocycles. The van der Waals surface area contributed by atoms with Crippen molar-refractivity contribution < 1.29 is 14.6 Å². The quantitative estimate of drug-likeness (QED) is 0.826. The maximum absolute atomic E-state index is 11.0. The third kappa shape index (κ3) is 1.43. The van der Waals surface area contributed by atoms with E-state index in [0.717, 1.165) is 0 Å². The normalized spacial score (nSPS) is 10.5. The Morgan fingerprint density at radius 2 is 2.33 bits per heavy atom. The fraction of sp³-hybridized carbons (Fsp3) is 0.100. The van der Waals surface area contributed by atoms with Crippen LogP contribution in [-0.2, 0) is 0 Å². The van der Waals surface area contributed by atoms with E-state index in [0.29, 0.717) is 21.7 Å². The number of hydrogen-bond donors (Lipinski definition) is 2. The second-order valence-electron chi connectivity index (χ2n) is 3.01. The molecule has 0 radical (unpaired) electrons. The molecule has 1 aromatic carbocycles. The van der Waals surface area contributed by atoms with Gasteiger partial charge in [0.25, 0.3) is 0 Å². The summed E-state index contributed by atoms with van der Waals surface area (Å²) in [5.74, 6) is -0.654. The zero-order chi connectivity index (χ0) is 11.0. The van der Waals surface area contributed by atoms with Gasteiger partial charge in [0.15, 0.2) is 0 Å². The second kappa shape index (κ2) is 3.47.